The van der Waals surface area contributed by atoms with Crippen LogP contribution in [0.5, 0.6) is 0 Å². The molecular formula is C18H14N2. The van der Waals surface area contributed by atoms with E-state index in [9.17, 15) is 0 Å². The number of rotatable bonds is 1. The van der Waals surface area contributed by atoms with Crippen molar-refractivity contribution in [1.82, 2.24) is 4.90 Å². The van der Waals surface area contributed by atoms with Gasteiger partial charge in [-0.3, -0.25) is 0 Å². The average molecular weight is 258 g/mol. The molecule has 0 amide bonds. The normalized spacial score (nSPS) is 17.9. The van der Waals surface area contributed by atoms with Gasteiger partial charge in [0.1, 0.15) is 5.82 Å². The molecular weight excluding hydrogens is 244 g/mol. The highest BCUT2D eigenvalue weighted by Gasteiger charge is 2.20. The zero-order chi connectivity index (χ0) is 13.4. The van der Waals surface area contributed by atoms with Crippen molar-refractivity contribution in [3.8, 4) is 0 Å². The van der Waals surface area contributed by atoms with Crippen LogP contribution in [-0.2, 0) is 0 Å². The van der Waals surface area contributed by atoms with Crippen molar-refractivity contribution in [2.75, 3.05) is 0 Å². The van der Waals surface area contributed by atoms with Crippen LogP contribution in [0.25, 0.3) is 12.3 Å². The first kappa shape index (κ1) is 11.2. The van der Waals surface area contributed by atoms with E-state index in [-0.39, 0.29) is 0 Å². The second-order valence-corrected chi connectivity index (χ2v) is 4.98. The van der Waals surface area contributed by atoms with Crippen LogP contribution >= 0.6 is 0 Å². The summed E-state index contributed by atoms with van der Waals surface area (Å²) in [5.41, 5.74) is 2.49. The van der Waals surface area contributed by atoms with E-state index in [0.717, 1.165) is 17.6 Å². The number of benzene rings is 2. The Bertz CT molecular complexity index is 829. The molecule has 0 unspecified atom stereocenters. The third-order valence-electron chi connectivity index (χ3n) is 3.62. The molecule has 0 atom stereocenters. The quantitative estimate of drug-likeness (QED) is 0.768. The molecule has 0 radical (unpaired) electrons. The van der Waals surface area contributed by atoms with E-state index >= 15 is 0 Å². The maximum Gasteiger partial charge on any atom is 0.133 e. The van der Waals surface area contributed by atoms with Crippen LogP contribution in [0.2, 0.25) is 0 Å². The molecule has 2 heterocycles. The molecule has 2 nitrogen and oxygen atoms in total. The van der Waals surface area contributed by atoms with E-state index in [1.165, 1.54) is 16.5 Å². The third-order valence-corrected chi connectivity index (χ3v) is 3.62. The fourth-order valence-corrected chi connectivity index (χ4v) is 2.62. The van der Waals surface area contributed by atoms with Gasteiger partial charge in [-0.05, 0) is 23.8 Å². The van der Waals surface area contributed by atoms with Crippen molar-refractivity contribution in [2.24, 2.45) is 4.99 Å². The van der Waals surface area contributed by atoms with Gasteiger partial charge >= 0.3 is 0 Å². The van der Waals surface area contributed by atoms with Crippen LogP contribution in [0.15, 0.2) is 77.2 Å². The Morgan fingerprint density at radius 3 is 2.65 bits per heavy atom. The van der Waals surface area contributed by atoms with Gasteiger partial charge in [-0.15, -0.1) is 0 Å². The SMILES string of the molecule is C(=C1CC=C2N=c3ccccc3=CN12)c1ccccc1. The molecule has 0 aliphatic carbocycles. The second kappa shape index (κ2) is 4.49. The fourth-order valence-electron chi connectivity index (χ4n) is 2.62. The van der Waals surface area contributed by atoms with Crippen molar-refractivity contribution < 1.29 is 0 Å². The zero-order valence-electron chi connectivity index (χ0n) is 11.0. The molecule has 4 rings (SSSR count). The van der Waals surface area contributed by atoms with Gasteiger partial charge in [0.15, 0.2) is 0 Å². The molecule has 2 heteroatoms. The minimum Gasteiger partial charge on any atom is -0.305 e. The maximum absolute atomic E-state index is 4.71. The topological polar surface area (TPSA) is 15.6 Å². The van der Waals surface area contributed by atoms with Crippen LogP contribution in [0.1, 0.15) is 12.0 Å². The number of hydrogen-bond donors (Lipinski definition) is 0. The van der Waals surface area contributed by atoms with E-state index in [1.54, 1.807) is 0 Å². The van der Waals surface area contributed by atoms with Gasteiger partial charge in [0, 0.05) is 23.5 Å². The Labute approximate surface area is 117 Å². The highest BCUT2D eigenvalue weighted by atomic mass is 15.2. The standard InChI is InChI=1S/C18H14N2/c1-2-6-14(7-3-1)12-16-10-11-18-19-17-9-5-4-8-15(17)13-20(16)18/h1-9,11-13H,10H2. The summed E-state index contributed by atoms with van der Waals surface area (Å²) in [7, 11) is 0. The number of fused-ring (bicyclic) bond motifs is 2. The molecule has 2 aliphatic rings. The van der Waals surface area contributed by atoms with Crippen molar-refractivity contribution in [1.29, 1.82) is 0 Å². The molecule has 0 saturated heterocycles. The first-order chi connectivity index (χ1) is 9.90. The van der Waals surface area contributed by atoms with Gasteiger partial charge in [0.05, 0.1) is 5.36 Å². The van der Waals surface area contributed by atoms with Gasteiger partial charge < -0.3 is 4.90 Å². The van der Waals surface area contributed by atoms with Crippen LogP contribution in [0.3, 0.4) is 0 Å². The van der Waals surface area contributed by atoms with Gasteiger partial charge in [-0.2, -0.15) is 0 Å². The van der Waals surface area contributed by atoms with E-state index in [0.29, 0.717) is 0 Å². The Balaban J connectivity index is 1.79. The number of hydrogen-bond acceptors (Lipinski definition) is 2. The Morgan fingerprint density at radius 1 is 0.950 bits per heavy atom. The van der Waals surface area contributed by atoms with Gasteiger partial charge in [0.2, 0.25) is 0 Å². The summed E-state index contributed by atoms with van der Waals surface area (Å²) < 4.78 is 0. The van der Waals surface area contributed by atoms with Crippen molar-refractivity contribution in [3.05, 3.63) is 88.3 Å². The van der Waals surface area contributed by atoms with E-state index < -0.39 is 0 Å². The predicted octanol–water partition coefficient (Wildman–Crippen LogP) is 2.65. The lowest BCUT2D eigenvalue weighted by molar-refractivity contribution is 0.627. The summed E-state index contributed by atoms with van der Waals surface area (Å²) in [4.78, 5) is 6.90. The van der Waals surface area contributed by atoms with E-state index in [4.69, 9.17) is 4.99 Å². The van der Waals surface area contributed by atoms with E-state index in [2.05, 4.69) is 65.7 Å². The van der Waals surface area contributed by atoms with Crippen LogP contribution in [-0.4, -0.2) is 4.90 Å². The Morgan fingerprint density at radius 2 is 1.75 bits per heavy atom. The minimum absolute atomic E-state index is 0.929. The smallest absolute Gasteiger partial charge is 0.133 e. The number of para-hydroxylation sites is 1. The van der Waals surface area contributed by atoms with Gasteiger partial charge in [-0.1, -0.05) is 48.5 Å². The summed E-state index contributed by atoms with van der Waals surface area (Å²) in [5.74, 6) is 1.03. The third kappa shape index (κ3) is 1.86. The van der Waals surface area contributed by atoms with Crippen molar-refractivity contribution in [2.45, 2.75) is 6.42 Å². The van der Waals surface area contributed by atoms with Crippen molar-refractivity contribution in [3.63, 3.8) is 0 Å². The Hall–Kier alpha value is -2.61. The summed E-state index contributed by atoms with van der Waals surface area (Å²) in [6.07, 6.45) is 7.51. The van der Waals surface area contributed by atoms with Crippen molar-refractivity contribution >= 4 is 12.3 Å². The zero-order valence-corrected chi connectivity index (χ0v) is 11.0. The minimum atomic E-state index is 0.929. The van der Waals surface area contributed by atoms with Crippen LogP contribution < -0.4 is 10.6 Å². The molecule has 2 aromatic carbocycles. The first-order valence-corrected chi connectivity index (χ1v) is 6.81. The second-order valence-electron chi connectivity index (χ2n) is 4.98. The lowest BCUT2D eigenvalue weighted by Gasteiger charge is -2.20. The maximum atomic E-state index is 4.71. The van der Waals surface area contributed by atoms with Gasteiger partial charge in [0.25, 0.3) is 0 Å². The molecule has 0 aromatic heterocycles. The average Bonchev–Trinajstić information content (AvgIpc) is 2.88. The Kier molecular flexibility index (Phi) is 2.52. The summed E-state index contributed by atoms with van der Waals surface area (Å²) in [5, 5.41) is 2.22. The molecule has 0 spiro atoms. The molecule has 20 heavy (non-hydrogen) atoms. The first-order valence-electron chi connectivity index (χ1n) is 6.81. The van der Waals surface area contributed by atoms with E-state index in [1.807, 2.05) is 12.1 Å². The summed E-state index contributed by atoms with van der Waals surface area (Å²) >= 11 is 0. The monoisotopic (exact) mass is 258 g/mol. The predicted molar refractivity (Wildman–Crippen MR) is 80.6 cm³/mol. The number of nitrogens with zero attached hydrogens (tertiary/aromatic N) is 2. The lowest BCUT2D eigenvalue weighted by Crippen LogP contribution is -2.32. The van der Waals surface area contributed by atoms with Gasteiger partial charge in [-0.25, -0.2) is 4.99 Å². The molecule has 96 valence electrons. The molecule has 2 aromatic rings. The van der Waals surface area contributed by atoms with Crippen LogP contribution in [0, 0.1) is 0 Å². The molecule has 0 fully saturated rings. The lowest BCUT2D eigenvalue weighted by atomic mass is 10.1. The number of allylic oxidation sites excluding steroid dienone is 1. The molecule has 0 bridgehead atoms. The van der Waals surface area contributed by atoms with Crippen LogP contribution in [0.4, 0.5) is 0 Å². The molecule has 0 saturated carbocycles. The molecule has 2 aliphatic heterocycles. The summed E-state index contributed by atoms with van der Waals surface area (Å²) in [6.45, 7) is 0. The highest BCUT2D eigenvalue weighted by Crippen LogP contribution is 2.28. The highest BCUT2D eigenvalue weighted by molar-refractivity contribution is 5.57. The summed E-state index contributed by atoms with van der Waals surface area (Å²) in [6, 6.07) is 18.7. The molecule has 0 N–H and O–H groups in total. The largest absolute Gasteiger partial charge is 0.305 e. The fraction of sp³-hybridized carbons (Fsp3) is 0.0556.